The van der Waals surface area contributed by atoms with Gasteiger partial charge in [0.15, 0.2) is 0 Å². The molecule has 0 aliphatic rings. The quantitative estimate of drug-likeness (QED) is 0.195. The molecular formula is C31H43NOP2. The number of hydrogen-bond donors (Lipinski definition) is 0. The molecule has 0 aromatic heterocycles. The van der Waals surface area contributed by atoms with Gasteiger partial charge in [0.1, 0.15) is 0 Å². The first-order valence-corrected chi connectivity index (χ1v) is 15.0. The number of allylic oxidation sites excluding steroid dienone is 15. The maximum atomic E-state index is 15.3. The van der Waals surface area contributed by atoms with Gasteiger partial charge in [-0.3, -0.25) is 4.57 Å². The van der Waals surface area contributed by atoms with Crippen molar-refractivity contribution in [1.82, 2.24) is 4.44 Å². The molecule has 1 rings (SSSR count). The molecule has 1 aromatic carbocycles. The Morgan fingerprint density at radius 1 is 0.886 bits per heavy atom. The predicted octanol–water partition coefficient (Wildman–Crippen LogP) is 10.3. The molecule has 0 bridgehead atoms. The Labute approximate surface area is 216 Å². The molecule has 2 nitrogen and oxygen atoms in total. The molecule has 35 heavy (non-hydrogen) atoms. The van der Waals surface area contributed by atoms with Gasteiger partial charge in [-0.1, -0.05) is 144 Å². The van der Waals surface area contributed by atoms with Gasteiger partial charge in [0.2, 0.25) is 7.29 Å². The molecule has 0 aliphatic carbocycles. The van der Waals surface area contributed by atoms with Crippen LogP contribution in [0.25, 0.3) is 0 Å². The van der Waals surface area contributed by atoms with E-state index in [1.807, 2.05) is 114 Å². The van der Waals surface area contributed by atoms with Gasteiger partial charge in [-0.2, -0.15) is 0 Å². The lowest BCUT2D eigenvalue weighted by atomic mass is 10.4. The Hall–Kier alpha value is -2.50. The van der Waals surface area contributed by atoms with E-state index in [-0.39, 0.29) is 0 Å². The summed E-state index contributed by atoms with van der Waals surface area (Å²) in [5.41, 5.74) is 0. The topological polar surface area (TPSA) is 20.3 Å². The second-order valence-electron chi connectivity index (χ2n) is 6.94. The van der Waals surface area contributed by atoms with Crippen LogP contribution in [0.4, 0.5) is 0 Å². The van der Waals surface area contributed by atoms with Crippen LogP contribution >= 0.6 is 15.4 Å². The minimum Gasteiger partial charge on any atom is -0.296 e. The molecule has 0 heterocycles. The fraction of sp³-hybridized carbons (Fsp3) is 0.226. The van der Waals surface area contributed by atoms with Crippen molar-refractivity contribution in [3.63, 3.8) is 0 Å². The van der Waals surface area contributed by atoms with Crippen LogP contribution in [0.5, 0.6) is 0 Å². The zero-order chi connectivity index (χ0) is 26.7. The highest BCUT2D eigenvalue weighted by molar-refractivity contribution is 7.83. The van der Waals surface area contributed by atoms with Gasteiger partial charge < -0.3 is 0 Å². The molecule has 0 saturated heterocycles. The Bertz CT molecular complexity index is 985. The van der Waals surface area contributed by atoms with Crippen LogP contribution in [0.3, 0.4) is 0 Å². The molecular weight excluding hydrogens is 464 g/mol. The maximum Gasteiger partial charge on any atom is 0.211 e. The number of nitrogens with zero attached hydrogens (tertiary/aromatic N) is 1. The fourth-order valence-corrected chi connectivity index (χ4v) is 10.0. The summed E-state index contributed by atoms with van der Waals surface area (Å²) in [4.78, 5) is 0. The van der Waals surface area contributed by atoms with E-state index in [2.05, 4.69) is 43.2 Å². The summed E-state index contributed by atoms with van der Waals surface area (Å²) in [5.74, 6) is 0. The van der Waals surface area contributed by atoms with Gasteiger partial charge in [-0.15, -0.1) is 0 Å². The summed E-state index contributed by atoms with van der Waals surface area (Å²) in [6, 6.07) is 10.2. The second-order valence-corrected chi connectivity index (χ2v) is 12.1. The smallest absolute Gasteiger partial charge is 0.211 e. The molecule has 188 valence electrons. The standard InChI is InChI=1S/C29H37NOP2.C2H6/c1-8-14-16-23-26(7)32(27-24-17-15-18-25-27)30(13-6)33(31,28(19-9-2)20-10-3)29(21-11-4)22-12-5;1-2/h8-12,14-25H,2,4,7,13H2,1,3,5-6H3;1-2H3/b14-8-,20-10-,22-12-,23-16-,28-19+,29-21+;. The van der Waals surface area contributed by atoms with Gasteiger partial charge in [-0.05, 0) is 31.4 Å². The molecule has 0 aliphatic heterocycles. The van der Waals surface area contributed by atoms with Crippen molar-refractivity contribution in [2.75, 3.05) is 6.54 Å². The summed E-state index contributed by atoms with van der Waals surface area (Å²) in [6.07, 6.45) is 22.7. The van der Waals surface area contributed by atoms with E-state index in [1.165, 1.54) is 0 Å². The third-order valence-electron chi connectivity index (χ3n) is 4.66. The molecule has 0 fully saturated rings. The SMILES string of the molecule is C=C/C=C(\C=C/C)P(=O)(C(/C=C\C)=C/C=C)N(CC)P(C(=C)/C=C\C=C/C)c1ccccc1.CC. The van der Waals surface area contributed by atoms with Gasteiger partial charge >= 0.3 is 0 Å². The Balaban J connectivity index is 0.00000562. The van der Waals surface area contributed by atoms with Gasteiger partial charge in [-0.25, -0.2) is 4.44 Å². The van der Waals surface area contributed by atoms with Gasteiger partial charge in [0.25, 0.3) is 0 Å². The largest absolute Gasteiger partial charge is 0.296 e. The first kappa shape index (κ1) is 32.5. The van der Waals surface area contributed by atoms with Crippen molar-refractivity contribution in [1.29, 1.82) is 0 Å². The summed E-state index contributed by atoms with van der Waals surface area (Å²) < 4.78 is 17.4. The molecule has 0 saturated carbocycles. The van der Waals surface area contributed by atoms with E-state index in [1.54, 1.807) is 12.2 Å². The van der Waals surface area contributed by atoms with E-state index < -0.39 is 15.4 Å². The minimum absolute atomic E-state index is 0.576. The minimum atomic E-state index is -3.27. The van der Waals surface area contributed by atoms with Crippen molar-refractivity contribution in [2.24, 2.45) is 0 Å². The van der Waals surface area contributed by atoms with Crippen LogP contribution in [0, 0.1) is 0 Å². The number of rotatable bonds is 13. The summed E-state index contributed by atoms with van der Waals surface area (Å²) in [6.45, 7) is 24.7. The van der Waals surface area contributed by atoms with Gasteiger partial charge in [0.05, 0.1) is 0 Å². The average molecular weight is 508 g/mol. The second kappa shape index (κ2) is 18.8. The normalized spacial score (nSPS) is 15.4. The summed E-state index contributed by atoms with van der Waals surface area (Å²) in [5, 5.41) is 3.47. The Kier molecular flexibility index (Phi) is 17.4. The van der Waals surface area contributed by atoms with Crippen LogP contribution in [-0.4, -0.2) is 11.0 Å². The lowest BCUT2D eigenvalue weighted by Gasteiger charge is -2.39. The van der Waals surface area contributed by atoms with Crippen LogP contribution in [0.1, 0.15) is 41.5 Å². The molecule has 4 heteroatoms. The highest BCUT2D eigenvalue weighted by Crippen LogP contribution is 2.73. The molecule has 1 atom stereocenters. The Morgan fingerprint density at radius 2 is 1.40 bits per heavy atom. The molecule has 0 N–H and O–H groups in total. The molecule has 0 amide bonds. The molecule has 1 aromatic rings. The van der Waals surface area contributed by atoms with Crippen LogP contribution in [-0.2, 0) is 4.57 Å². The molecule has 0 radical (unpaired) electrons. The van der Waals surface area contributed by atoms with Crippen molar-refractivity contribution in [3.8, 4) is 0 Å². The molecule has 1 unspecified atom stereocenters. The van der Waals surface area contributed by atoms with E-state index in [0.29, 0.717) is 6.54 Å². The summed E-state index contributed by atoms with van der Waals surface area (Å²) in [7, 11) is -4.43. The van der Waals surface area contributed by atoms with E-state index in [9.17, 15) is 0 Å². The highest BCUT2D eigenvalue weighted by Gasteiger charge is 2.40. The molecule has 0 spiro atoms. The maximum absolute atomic E-state index is 15.3. The highest BCUT2D eigenvalue weighted by atomic mass is 31.2. The third-order valence-corrected chi connectivity index (χ3v) is 11.1. The van der Waals surface area contributed by atoms with E-state index >= 15 is 4.57 Å². The lowest BCUT2D eigenvalue weighted by molar-refractivity contribution is 0.549. The van der Waals surface area contributed by atoms with Crippen LogP contribution in [0.2, 0.25) is 0 Å². The van der Waals surface area contributed by atoms with Crippen molar-refractivity contribution in [2.45, 2.75) is 41.5 Å². The fourth-order valence-electron chi connectivity index (χ4n) is 3.35. The number of hydrogen-bond acceptors (Lipinski definition) is 1. The monoisotopic (exact) mass is 507 g/mol. The summed E-state index contributed by atoms with van der Waals surface area (Å²) >= 11 is 0. The van der Waals surface area contributed by atoms with E-state index in [0.717, 1.165) is 21.2 Å². The van der Waals surface area contributed by atoms with Crippen molar-refractivity contribution >= 4 is 20.7 Å². The first-order valence-electron chi connectivity index (χ1n) is 12.1. The van der Waals surface area contributed by atoms with Crippen LogP contribution in [0.15, 0.2) is 139 Å². The Morgan fingerprint density at radius 3 is 1.80 bits per heavy atom. The third kappa shape index (κ3) is 9.23. The van der Waals surface area contributed by atoms with Crippen molar-refractivity contribution < 1.29 is 4.57 Å². The van der Waals surface area contributed by atoms with Crippen molar-refractivity contribution in [3.05, 3.63) is 139 Å². The lowest BCUT2D eigenvalue weighted by Crippen LogP contribution is -2.22. The average Bonchev–Trinajstić information content (AvgIpc) is 2.88. The number of benzene rings is 1. The van der Waals surface area contributed by atoms with Gasteiger partial charge in [0, 0.05) is 25.2 Å². The van der Waals surface area contributed by atoms with Crippen LogP contribution < -0.4 is 5.30 Å². The first-order chi connectivity index (χ1) is 17.0. The van der Waals surface area contributed by atoms with E-state index in [4.69, 9.17) is 0 Å². The predicted molar refractivity (Wildman–Crippen MR) is 164 cm³/mol. The zero-order valence-electron chi connectivity index (χ0n) is 22.4. The zero-order valence-corrected chi connectivity index (χ0v) is 24.2.